The Morgan fingerprint density at radius 3 is 2.36 bits per heavy atom. The van der Waals surface area contributed by atoms with Crippen molar-refractivity contribution in [1.29, 1.82) is 0 Å². The molecule has 0 spiro atoms. The third-order valence-corrected chi connectivity index (χ3v) is 1.35. The number of hydrogen-bond acceptors (Lipinski definition) is 3. The fraction of sp³-hybridized carbons (Fsp3) is 0.500. The van der Waals surface area contributed by atoms with Crippen LogP contribution in [-0.2, 0) is 9.59 Å². The van der Waals surface area contributed by atoms with Gasteiger partial charge in [0.25, 0.3) is 0 Å². The lowest BCUT2D eigenvalue weighted by Crippen LogP contribution is -2.23. The van der Waals surface area contributed by atoms with Gasteiger partial charge in [-0.1, -0.05) is 13.0 Å². The van der Waals surface area contributed by atoms with Crippen LogP contribution in [0, 0.1) is 0 Å². The second-order valence-corrected chi connectivity index (χ2v) is 2.27. The zero-order valence-electron chi connectivity index (χ0n) is 6.72. The summed E-state index contributed by atoms with van der Waals surface area (Å²) in [6.07, 6.45) is 2.01. The number of allylic oxidation sites excluding steroid dienone is 1. The average Bonchev–Trinajstić information content (AvgIpc) is 1.99. The van der Waals surface area contributed by atoms with Crippen molar-refractivity contribution in [3.8, 4) is 0 Å². The topological polar surface area (TPSA) is 57.2 Å². The van der Waals surface area contributed by atoms with Gasteiger partial charge in [-0.2, -0.15) is 0 Å². The van der Waals surface area contributed by atoms with Gasteiger partial charge in [-0.05, 0) is 12.5 Å². The summed E-state index contributed by atoms with van der Waals surface area (Å²) in [4.78, 5) is 20.8. The number of carbonyl (C=O) groups excluding carboxylic acids is 2. The van der Waals surface area contributed by atoms with Crippen LogP contribution in [0.2, 0.25) is 0 Å². The Bertz CT molecular complexity index is 192. The van der Waals surface area contributed by atoms with Gasteiger partial charge < -0.3 is 9.90 Å². The molecule has 0 aromatic heterocycles. The highest BCUT2D eigenvalue weighted by Gasteiger charge is 1.95. The smallest absolute Gasteiger partial charge is 0.136 e. The zero-order valence-corrected chi connectivity index (χ0v) is 6.72. The fourth-order valence-electron chi connectivity index (χ4n) is 0.495. The highest BCUT2D eigenvalue weighted by atomic mass is 16.4. The number of hydrogen-bond donors (Lipinski definition) is 0. The number of ketones is 1. The van der Waals surface area contributed by atoms with Crippen molar-refractivity contribution in [3.63, 3.8) is 0 Å². The van der Waals surface area contributed by atoms with Crippen molar-refractivity contribution in [1.82, 2.24) is 0 Å². The van der Waals surface area contributed by atoms with Crippen LogP contribution in [0.3, 0.4) is 0 Å². The standard InChI is InChI=1S/C8H12O3/c1-3-7(9)5-4-6(2)8(10)11/h4H,3,5H2,1-2H3,(H,10,11)/p-1/b6-4+. The van der Waals surface area contributed by atoms with Gasteiger partial charge in [-0.25, -0.2) is 0 Å². The van der Waals surface area contributed by atoms with Crippen LogP contribution in [0.15, 0.2) is 11.6 Å². The van der Waals surface area contributed by atoms with Crippen LogP contribution in [0.25, 0.3) is 0 Å². The highest BCUT2D eigenvalue weighted by Crippen LogP contribution is 1.96. The first-order chi connectivity index (χ1) is 5.07. The third kappa shape index (κ3) is 4.31. The van der Waals surface area contributed by atoms with Crippen molar-refractivity contribution in [2.75, 3.05) is 0 Å². The predicted octanol–water partition coefficient (Wildman–Crippen LogP) is 0.0518. The predicted molar refractivity (Wildman–Crippen MR) is 38.7 cm³/mol. The first-order valence-electron chi connectivity index (χ1n) is 3.47. The van der Waals surface area contributed by atoms with Gasteiger partial charge in [0.05, 0.1) is 5.97 Å². The Morgan fingerprint density at radius 2 is 2.00 bits per heavy atom. The Labute approximate surface area is 65.7 Å². The molecule has 0 aromatic rings. The molecule has 0 atom stereocenters. The van der Waals surface area contributed by atoms with Gasteiger partial charge in [-0.15, -0.1) is 0 Å². The van der Waals surface area contributed by atoms with Crippen LogP contribution >= 0.6 is 0 Å². The summed E-state index contributed by atoms with van der Waals surface area (Å²) >= 11 is 0. The molecule has 0 bridgehead atoms. The summed E-state index contributed by atoms with van der Waals surface area (Å²) in [6, 6.07) is 0. The lowest BCUT2D eigenvalue weighted by Gasteiger charge is -1.99. The van der Waals surface area contributed by atoms with Crippen molar-refractivity contribution in [2.24, 2.45) is 0 Å². The number of carboxylic acids is 1. The maximum absolute atomic E-state index is 10.7. The van der Waals surface area contributed by atoms with Crippen LogP contribution in [-0.4, -0.2) is 11.8 Å². The first kappa shape index (κ1) is 9.88. The van der Waals surface area contributed by atoms with Gasteiger partial charge in [-0.3, -0.25) is 4.79 Å². The van der Waals surface area contributed by atoms with Crippen LogP contribution < -0.4 is 5.11 Å². The van der Waals surface area contributed by atoms with E-state index in [1.165, 1.54) is 13.0 Å². The Morgan fingerprint density at radius 1 is 1.45 bits per heavy atom. The fourth-order valence-corrected chi connectivity index (χ4v) is 0.495. The molecule has 11 heavy (non-hydrogen) atoms. The molecule has 0 aliphatic heterocycles. The highest BCUT2D eigenvalue weighted by molar-refractivity contribution is 5.86. The molecule has 0 amide bonds. The van der Waals surface area contributed by atoms with E-state index in [1.54, 1.807) is 6.92 Å². The van der Waals surface area contributed by atoms with Gasteiger partial charge in [0, 0.05) is 12.8 Å². The molecule has 0 fully saturated rings. The molecule has 62 valence electrons. The number of carboxylic acid groups (broad SMARTS) is 1. The molecular formula is C8H11O3-. The number of rotatable bonds is 4. The zero-order chi connectivity index (χ0) is 8.85. The van der Waals surface area contributed by atoms with Gasteiger partial charge in [0.15, 0.2) is 0 Å². The maximum atomic E-state index is 10.7. The lowest BCUT2D eigenvalue weighted by molar-refractivity contribution is -0.299. The summed E-state index contributed by atoms with van der Waals surface area (Å²) in [7, 11) is 0. The van der Waals surface area contributed by atoms with Gasteiger partial charge >= 0.3 is 0 Å². The van der Waals surface area contributed by atoms with Crippen LogP contribution in [0.1, 0.15) is 26.7 Å². The van der Waals surface area contributed by atoms with E-state index in [4.69, 9.17) is 0 Å². The molecule has 3 nitrogen and oxygen atoms in total. The monoisotopic (exact) mass is 155 g/mol. The maximum Gasteiger partial charge on any atom is 0.136 e. The summed E-state index contributed by atoms with van der Waals surface area (Å²) in [5, 5.41) is 10.1. The van der Waals surface area contributed by atoms with E-state index in [0.29, 0.717) is 6.42 Å². The van der Waals surface area contributed by atoms with Crippen molar-refractivity contribution < 1.29 is 14.7 Å². The van der Waals surface area contributed by atoms with Crippen molar-refractivity contribution in [2.45, 2.75) is 26.7 Å². The van der Waals surface area contributed by atoms with E-state index in [9.17, 15) is 14.7 Å². The summed E-state index contributed by atoms with van der Waals surface area (Å²) < 4.78 is 0. The molecule has 0 aliphatic rings. The number of carbonyl (C=O) groups is 2. The second-order valence-electron chi connectivity index (χ2n) is 2.27. The summed E-state index contributed by atoms with van der Waals surface area (Å²) in [6.45, 7) is 3.16. The molecule has 0 heterocycles. The normalized spacial score (nSPS) is 11.3. The lowest BCUT2D eigenvalue weighted by atomic mass is 10.2. The minimum absolute atomic E-state index is 0.0330. The molecule has 0 N–H and O–H groups in total. The largest absolute Gasteiger partial charge is 0.545 e. The Kier molecular flexibility index (Phi) is 4.18. The van der Waals surface area contributed by atoms with Gasteiger partial charge in [0.2, 0.25) is 0 Å². The molecule has 0 aliphatic carbocycles. The van der Waals surface area contributed by atoms with E-state index in [0.717, 1.165) is 0 Å². The quantitative estimate of drug-likeness (QED) is 0.539. The van der Waals surface area contributed by atoms with Gasteiger partial charge in [0.1, 0.15) is 5.78 Å². The Hall–Kier alpha value is -1.12. The SMILES string of the molecule is CCC(=O)C/C=C(\C)C(=O)[O-]. The number of aliphatic carboxylic acids is 1. The van der Waals surface area contributed by atoms with E-state index < -0.39 is 5.97 Å². The van der Waals surface area contributed by atoms with E-state index in [2.05, 4.69) is 0 Å². The molecule has 0 aromatic carbocycles. The molecule has 0 unspecified atom stereocenters. The summed E-state index contributed by atoms with van der Waals surface area (Å²) in [5.41, 5.74) is 0.117. The third-order valence-electron chi connectivity index (χ3n) is 1.35. The molecule has 3 heteroatoms. The minimum atomic E-state index is -1.21. The van der Waals surface area contributed by atoms with E-state index >= 15 is 0 Å². The van der Waals surface area contributed by atoms with E-state index in [-0.39, 0.29) is 17.8 Å². The van der Waals surface area contributed by atoms with Crippen molar-refractivity contribution in [3.05, 3.63) is 11.6 Å². The second kappa shape index (κ2) is 4.66. The number of Topliss-reactive ketones (excluding diaryl/α,β-unsaturated/α-hetero) is 1. The average molecular weight is 155 g/mol. The van der Waals surface area contributed by atoms with Crippen molar-refractivity contribution >= 4 is 11.8 Å². The van der Waals surface area contributed by atoms with Crippen LogP contribution in [0.5, 0.6) is 0 Å². The van der Waals surface area contributed by atoms with Crippen LogP contribution in [0.4, 0.5) is 0 Å². The molecule has 0 saturated heterocycles. The molecule has 0 rings (SSSR count). The molecule has 0 saturated carbocycles. The Balaban J connectivity index is 3.92. The summed E-state index contributed by atoms with van der Waals surface area (Å²) in [5.74, 6) is -1.18. The molecular weight excluding hydrogens is 144 g/mol. The molecule has 0 radical (unpaired) electrons. The first-order valence-corrected chi connectivity index (χ1v) is 3.47. The van der Waals surface area contributed by atoms with E-state index in [1.807, 2.05) is 0 Å². The minimum Gasteiger partial charge on any atom is -0.545 e.